The number of aromatic nitrogens is 2. The van der Waals surface area contributed by atoms with Gasteiger partial charge in [-0.15, -0.1) is 47.0 Å². The monoisotopic (exact) mass is 1060 g/mol. The molecule has 0 radical (unpaired) electrons. The smallest absolute Gasteiger partial charge is 0.135 e. The zero-order chi connectivity index (χ0) is 53.6. The van der Waals surface area contributed by atoms with E-state index in [1.54, 1.807) is 18.2 Å². The van der Waals surface area contributed by atoms with Crippen molar-refractivity contribution in [1.29, 1.82) is 0 Å². The molecule has 1 saturated carbocycles. The predicted molar refractivity (Wildman–Crippen MR) is 271 cm³/mol. The van der Waals surface area contributed by atoms with Gasteiger partial charge >= 0.3 is 0 Å². The maximum absolute atomic E-state index is 9.26. The molecule has 5 nitrogen and oxygen atoms in total. The standard InChI is InChI=1S/C61H53N4O.Pt/c1-60(2,3)41-30-31-62-56(34-41)65-54-27-16-15-24-50(54)51-29-28-44(36-55(51)65)66-45-33-42(61(4,5)6)32-43(35-45)63-38-64(59-53-37-52(58(59)63)48-22-13-14-23-49(48)53)57-46(39-18-9-7-10-19-39)25-17-26-47(57)40-20-11-8-12-21-40;/h7-34,38,52-53,58-59H,37H2,1-6H3;/q-3;/t52-,53+,58?,59?;/m1./s1/i7D,8D,9D,10D,11D,12D,18D,19D,20D,21D;. The van der Waals surface area contributed by atoms with Gasteiger partial charge in [0.25, 0.3) is 0 Å². The van der Waals surface area contributed by atoms with Crippen LogP contribution in [0.1, 0.15) is 95.8 Å². The summed E-state index contributed by atoms with van der Waals surface area (Å²) in [6.45, 7) is 15.0. The molecule has 2 aliphatic carbocycles. The van der Waals surface area contributed by atoms with E-state index in [9.17, 15) is 5.48 Å². The molecule has 7 aromatic carbocycles. The van der Waals surface area contributed by atoms with Crippen LogP contribution in [0.5, 0.6) is 11.5 Å². The van der Waals surface area contributed by atoms with E-state index in [2.05, 4.69) is 123 Å². The van der Waals surface area contributed by atoms with Crippen LogP contribution in [0.2, 0.25) is 0 Å². The number of hydrogen-bond donors (Lipinski definition) is 0. The Morgan fingerprint density at radius 3 is 1.91 bits per heavy atom. The first-order valence-corrected chi connectivity index (χ1v) is 22.6. The molecular weight excluding hydrogens is 1000 g/mol. The van der Waals surface area contributed by atoms with Crippen LogP contribution in [0.15, 0.2) is 170 Å². The third-order valence-corrected chi connectivity index (χ3v) is 13.8. The summed E-state index contributed by atoms with van der Waals surface area (Å²) in [6.07, 6.45) is 2.64. The molecular formula is C61H53N4OPt-3. The number of rotatable bonds is 7. The minimum Gasteiger partial charge on any atom is -0.519 e. The Morgan fingerprint density at radius 1 is 0.627 bits per heavy atom. The Kier molecular flexibility index (Phi) is 8.12. The van der Waals surface area contributed by atoms with Crippen molar-refractivity contribution in [2.75, 3.05) is 9.80 Å². The average molecular weight is 1060 g/mol. The molecule has 2 unspecified atom stereocenters. The molecule has 12 rings (SSSR count). The van der Waals surface area contributed by atoms with Crippen LogP contribution >= 0.6 is 0 Å². The fourth-order valence-corrected chi connectivity index (χ4v) is 10.7. The van der Waals surface area contributed by atoms with E-state index in [1.807, 2.05) is 43.2 Å². The van der Waals surface area contributed by atoms with E-state index < -0.39 is 60.4 Å². The molecule has 0 amide bonds. The minimum absolute atomic E-state index is 0. The summed E-state index contributed by atoms with van der Waals surface area (Å²) in [5.41, 5.74) is 7.30. The van der Waals surface area contributed by atoms with Gasteiger partial charge in [-0.25, -0.2) is 4.98 Å². The van der Waals surface area contributed by atoms with Gasteiger partial charge in [0, 0.05) is 85.0 Å². The van der Waals surface area contributed by atoms with Crippen LogP contribution in [-0.4, -0.2) is 21.6 Å². The zero-order valence-corrected chi connectivity index (χ0v) is 40.3. The van der Waals surface area contributed by atoms with Crippen LogP contribution in [0.4, 0.5) is 11.4 Å². The number of para-hydroxylation sites is 2. The molecule has 9 aromatic rings. The van der Waals surface area contributed by atoms with Gasteiger partial charge in [0.2, 0.25) is 0 Å². The largest absolute Gasteiger partial charge is 0.519 e. The van der Waals surface area contributed by atoms with Crippen molar-refractivity contribution in [3.8, 4) is 39.6 Å². The summed E-state index contributed by atoms with van der Waals surface area (Å²) in [5.74, 6) is 1.67. The van der Waals surface area contributed by atoms with E-state index in [4.69, 9.17) is 17.9 Å². The molecule has 2 bridgehead atoms. The van der Waals surface area contributed by atoms with Crippen LogP contribution < -0.4 is 14.5 Å². The van der Waals surface area contributed by atoms with Gasteiger partial charge in [0.05, 0.1) is 13.7 Å². The molecule has 3 aliphatic rings. The molecule has 0 N–H and O–H groups in total. The van der Waals surface area contributed by atoms with Crippen LogP contribution in [0, 0.1) is 18.8 Å². The maximum atomic E-state index is 9.26. The topological polar surface area (TPSA) is 33.5 Å². The van der Waals surface area contributed by atoms with E-state index >= 15 is 0 Å². The number of ether oxygens (including phenoxy) is 1. The molecule has 1 saturated heterocycles. The van der Waals surface area contributed by atoms with Gasteiger partial charge in [0.1, 0.15) is 5.82 Å². The van der Waals surface area contributed by atoms with Gasteiger partial charge in [0.15, 0.2) is 0 Å². The van der Waals surface area contributed by atoms with Gasteiger partial charge in [-0.1, -0.05) is 168 Å². The number of pyridine rings is 1. The van der Waals surface area contributed by atoms with Crippen molar-refractivity contribution < 1.29 is 39.5 Å². The van der Waals surface area contributed by atoms with Gasteiger partial charge in [-0.2, -0.15) is 12.7 Å². The Balaban J connectivity index is 0.00000631. The summed E-state index contributed by atoms with van der Waals surface area (Å²) in [4.78, 5) is 9.14. The summed E-state index contributed by atoms with van der Waals surface area (Å²) < 4.78 is 98.1. The fourth-order valence-electron chi connectivity index (χ4n) is 10.7. The first kappa shape index (κ1) is 33.1. The van der Waals surface area contributed by atoms with Crippen molar-refractivity contribution in [3.63, 3.8) is 0 Å². The summed E-state index contributed by atoms with van der Waals surface area (Å²) >= 11 is 0. The third-order valence-electron chi connectivity index (χ3n) is 13.8. The molecule has 2 fully saturated rings. The van der Waals surface area contributed by atoms with Crippen molar-refractivity contribution in [2.24, 2.45) is 0 Å². The van der Waals surface area contributed by atoms with Gasteiger partial charge < -0.3 is 19.1 Å². The molecule has 6 heteroatoms. The van der Waals surface area contributed by atoms with E-state index in [0.717, 1.165) is 45.2 Å². The quantitative estimate of drug-likeness (QED) is 0.149. The van der Waals surface area contributed by atoms with E-state index in [0.29, 0.717) is 22.9 Å². The Labute approximate surface area is 423 Å². The maximum Gasteiger partial charge on any atom is 0.135 e. The normalized spacial score (nSPS) is 20.7. The van der Waals surface area contributed by atoms with Crippen LogP contribution in [-0.2, 0) is 31.9 Å². The summed E-state index contributed by atoms with van der Waals surface area (Å²) in [6, 6.07) is 35.9. The van der Waals surface area contributed by atoms with Gasteiger partial charge in [-0.3, -0.25) is 0 Å². The van der Waals surface area contributed by atoms with E-state index in [1.165, 1.54) is 11.1 Å². The molecule has 3 heterocycles. The molecule has 4 atom stereocenters. The van der Waals surface area contributed by atoms with Crippen molar-refractivity contribution in [1.82, 2.24) is 9.55 Å². The first-order valence-electron chi connectivity index (χ1n) is 27.6. The molecule has 1 aliphatic heterocycles. The second kappa shape index (κ2) is 16.4. The Hall–Kier alpha value is -6.42. The van der Waals surface area contributed by atoms with Crippen molar-refractivity contribution in [3.05, 3.63) is 211 Å². The number of nitrogens with zero attached hydrogens (tertiary/aromatic N) is 4. The number of fused-ring (bicyclic) bond motifs is 11. The molecule has 0 spiro atoms. The summed E-state index contributed by atoms with van der Waals surface area (Å²) in [5, 5.41) is 2.06. The fraction of sp³-hybridized carbons (Fsp3) is 0.213. The van der Waals surface area contributed by atoms with Crippen LogP contribution in [0.3, 0.4) is 0 Å². The van der Waals surface area contributed by atoms with Crippen LogP contribution in [0.25, 0.3) is 49.9 Å². The second-order valence-electron chi connectivity index (χ2n) is 19.8. The molecule has 67 heavy (non-hydrogen) atoms. The predicted octanol–water partition coefficient (Wildman–Crippen LogP) is 15.0. The Morgan fingerprint density at radius 2 is 1.25 bits per heavy atom. The van der Waals surface area contributed by atoms with Crippen molar-refractivity contribution in [2.45, 2.75) is 82.7 Å². The SMILES string of the molecule is [2H]c1c([2H])c([2H])c(-c2cccc(-c3c([2H])c([2H])c([2H])c([2H])c3[2H])c2N2[CH-]N(c3[c-]c(Oc4[c-]c5c(cc4)c4ccccc4n5-c4cc(C(C)(C)C)ccn4)cc(C(C)(C)C)c3)C3C2[C@H]2C[C@@H]3c3ccccc32)c([2H])c1[2H].[Pt]. The zero-order valence-electron chi connectivity index (χ0n) is 48.0. The number of hydrogen-bond acceptors (Lipinski definition) is 4. The van der Waals surface area contributed by atoms with Gasteiger partial charge in [-0.05, 0) is 68.7 Å². The molecule has 2 aromatic heterocycles. The number of benzene rings is 7. The Bertz CT molecular complexity index is 3780. The minimum atomic E-state index is -0.541. The van der Waals surface area contributed by atoms with E-state index in [-0.39, 0.29) is 78.1 Å². The first-order chi connectivity index (χ1) is 36.1. The van der Waals surface area contributed by atoms with Crippen molar-refractivity contribution >= 4 is 33.2 Å². The summed E-state index contributed by atoms with van der Waals surface area (Å²) in [7, 11) is 0. The second-order valence-corrected chi connectivity index (χ2v) is 19.8. The third kappa shape index (κ3) is 7.29. The number of anilines is 2. The molecule has 336 valence electrons. The average Bonchev–Trinajstić information content (AvgIpc) is 4.17.